The highest BCUT2D eigenvalue weighted by atomic mass is 35.5. The van der Waals surface area contributed by atoms with E-state index in [0.29, 0.717) is 11.4 Å². The number of sulfonamides is 1. The van der Waals surface area contributed by atoms with Gasteiger partial charge in [-0.2, -0.15) is 4.31 Å². The molecule has 6 nitrogen and oxygen atoms in total. The van der Waals surface area contributed by atoms with Gasteiger partial charge in [0.15, 0.2) is 0 Å². The van der Waals surface area contributed by atoms with Gasteiger partial charge in [-0.15, -0.1) is 0 Å². The molecular formula is C17H18Cl2N2O4S. The van der Waals surface area contributed by atoms with Crippen LogP contribution in [0.3, 0.4) is 0 Å². The van der Waals surface area contributed by atoms with Crippen LogP contribution in [-0.2, 0) is 14.8 Å². The largest absolute Gasteiger partial charge is 0.497 e. The average Bonchev–Trinajstić information content (AvgIpc) is 2.62. The fourth-order valence-corrected chi connectivity index (χ4v) is 4.36. The number of hydrogen-bond acceptors (Lipinski definition) is 4. The quantitative estimate of drug-likeness (QED) is 0.746. The summed E-state index contributed by atoms with van der Waals surface area (Å²) in [6.45, 7) is 1.38. The predicted molar refractivity (Wildman–Crippen MR) is 103 cm³/mol. The molecule has 0 aliphatic heterocycles. The lowest BCUT2D eigenvalue weighted by Crippen LogP contribution is -2.38. The normalized spacial score (nSPS) is 11.4. The van der Waals surface area contributed by atoms with Crippen molar-refractivity contribution in [3.8, 4) is 5.75 Å². The molecule has 0 spiro atoms. The van der Waals surface area contributed by atoms with Gasteiger partial charge in [-0.25, -0.2) is 8.42 Å². The summed E-state index contributed by atoms with van der Waals surface area (Å²) in [5.41, 5.74) is 0.532. The van der Waals surface area contributed by atoms with Crippen LogP contribution >= 0.6 is 23.2 Å². The van der Waals surface area contributed by atoms with E-state index >= 15 is 0 Å². The number of halogens is 2. The minimum absolute atomic E-state index is 0.0448. The number of amides is 1. The first-order valence-corrected chi connectivity index (χ1v) is 9.86. The summed E-state index contributed by atoms with van der Waals surface area (Å²) in [6.07, 6.45) is 0. The summed E-state index contributed by atoms with van der Waals surface area (Å²) in [6, 6.07) is 10.9. The van der Waals surface area contributed by atoms with Crippen LogP contribution in [-0.4, -0.2) is 38.8 Å². The molecule has 0 aliphatic carbocycles. The Kier molecular flexibility index (Phi) is 6.88. The van der Waals surface area contributed by atoms with Crippen molar-refractivity contribution in [2.45, 2.75) is 11.8 Å². The van der Waals surface area contributed by atoms with Crippen LogP contribution in [0.1, 0.15) is 6.92 Å². The van der Waals surface area contributed by atoms with Crippen LogP contribution in [0.5, 0.6) is 5.75 Å². The molecule has 9 heteroatoms. The lowest BCUT2D eigenvalue weighted by Gasteiger charge is -2.21. The lowest BCUT2D eigenvalue weighted by atomic mass is 10.3. The molecule has 2 aromatic carbocycles. The zero-order valence-corrected chi connectivity index (χ0v) is 16.5. The van der Waals surface area contributed by atoms with Gasteiger partial charge in [0, 0.05) is 17.3 Å². The maximum absolute atomic E-state index is 12.8. The van der Waals surface area contributed by atoms with Crippen LogP contribution in [0, 0.1) is 0 Å². The summed E-state index contributed by atoms with van der Waals surface area (Å²) in [5.74, 6) is 0.176. The van der Waals surface area contributed by atoms with Crippen molar-refractivity contribution in [3.05, 3.63) is 52.5 Å². The van der Waals surface area contributed by atoms with Crippen molar-refractivity contribution in [1.82, 2.24) is 4.31 Å². The second-order valence-electron chi connectivity index (χ2n) is 5.28. The monoisotopic (exact) mass is 416 g/mol. The van der Waals surface area contributed by atoms with E-state index in [1.807, 2.05) is 0 Å². The van der Waals surface area contributed by atoms with Crippen molar-refractivity contribution in [2.75, 3.05) is 25.5 Å². The van der Waals surface area contributed by atoms with E-state index in [1.165, 1.54) is 18.2 Å². The van der Waals surface area contributed by atoms with E-state index in [4.69, 9.17) is 27.9 Å². The average molecular weight is 417 g/mol. The van der Waals surface area contributed by atoms with Gasteiger partial charge in [-0.1, -0.05) is 30.1 Å². The first kappa shape index (κ1) is 20.5. The Balaban J connectivity index is 2.16. The van der Waals surface area contributed by atoms with Crippen LogP contribution in [0.25, 0.3) is 0 Å². The third-order valence-electron chi connectivity index (χ3n) is 3.56. The summed E-state index contributed by atoms with van der Waals surface area (Å²) in [7, 11) is -2.43. The Morgan fingerprint density at radius 3 is 2.38 bits per heavy atom. The van der Waals surface area contributed by atoms with Gasteiger partial charge in [0.05, 0.1) is 18.7 Å². The van der Waals surface area contributed by atoms with Crippen LogP contribution < -0.4 is 10.1 Å². The standard InChI is InChI=1S/C17H18Cl2N2O4S/c1-3-21(26(23,24)16-10-12(18)4-9-15(16)19)11-17(22)20-13-5-7-14(25-2)8-6-13/h4-10H,3,11H2,1-2H3,(H,20,22). The van der Waals surface area contributed by atoms with E-state index in [0.717, 1.165) is 4.31 Å². The van der Waals surface area contributed by atoms with Gasteiger partial charge in [-0.3, -0.25) is 4.79 Å². The number of ether oxygens (including phenoxy) is 1. The number of nitrogens with zero attached hydrogens (tertiary/aromatic N) is 1. The third-order valence-corrected chi connectivity index (χ3v) is 6.19. The van der Waals surface area contributed by atoms with Crippen molar-refractivity contribution in [2.24, 2.45) is 0 Å². The first-order valence-electron chi connectivity index (χ1n) is 7.67. The van der Waals surface area contributed by atoms with Gasteiger partial charge in [0.1, 0.15) is 10.6 Å². The molecule has 1 amide bonds. The number of rotatable bonds is 7. The van der Waals surface area contributed by atoms with Crippen LogP contribution in [0.2, 0.25) is 10.0 Å². The molecule has 0 saturated heterocycles. The number of hydrogen-bond donors (Lipinski definition) is 1. The Hall–Kier alpha value is -1.80. The van der Waals surface area contributed by atoms with Gasteiger partial charge < -0.3 is 10.1 Å². The maximum Gasteiger partial charge on any atom is 0.245 e. The van der Waals surface area contributed by atoms with Crippen molar-refractivity contribution >= 4 is 44.8 Å². The first-order chi connectivity index (χ1) is 12.3. The van der Waals surface area contributed by atoms with E-state index in [9.17, 15) is 13.2 Å². The van der Waals surface area contributed by atoms with Crippen molar-refractivity contribution < 1.29 is 17.9 Å². The van der Waals surface area contributed by atoms with Crippen LogP contribution in [0.15, 0.2) is 47.4 Å². The molecule has 2 rings (SSSR count). The fourth-order valence-electron chi connectivity index (χ4n) is 2.22. The number of anilines is 1. The van der Waals surface area contributed by atoms with E-state index in [1.54, 1.807) is 38.3 Å². The molecule has 0 saturated carbocycles. The van der Waals surface area contributed by atoms with Crippen molar-refractivity contribution in [1.29, 1.82) is 0 Å². The molecule has 0 bridgehead atoms. The number of likely N-dealkylation sites (N-methyl/N-ethyl adjacent to an activating group) is 1. The molecule has 0 heterocycles. The SMILES string of the molecule is CCN(CC(=O)Nc1ccc(OC)cc1)S(=O)(=O)c1cc(Cl)ccc1Cl. The lowest BCUT2D eigenvalue weighted by molar-refractivity contribution is -0.116. The minimum atomic E-state index is -3.97. The Morgan fingerprint density at radius 2 is 1.81 bits per heavy atom. The molecule has 0 radical (unpaired) electrons. The second-order valence-corrected chi connectivity index (χ2v) is 8.03. The topological polar surface area (TPSA) is 75.7 Å². The molecule has 0 aliphatic rings. The zero-order chi connectivity index (χ0) is 19.3. The maximum atomic E-state index is 12.8. The van der Waals surface area contributed by atoms with E-state index < -0.39 is 15.9 Å². The van der Waals surface area contributed by atoms with Gasteiger partial charge >= 0.3 is 0 Å². The minimum Gasteiger partial charge on any atom is -0.497 e. The van der Waals surface area contributed by atoms with Crippen LogP contribution in [0.4, 0.5) is 5.69 Å². The van der Waals surface area contributed by atoms with Crippen molar-refractivity contribution in [3.63, 3.8) is 0 Å². The van der Waals surface area contributed by atoms with Gasteiger partial charge in [-0.05, 0) is 42.5 Å². The number of carbonyl (C=O) groups is 1. The van der Waals surface area contributed by atoms with Gasteiger partial charge in [0.25, 0.3) is 0 Å². The molecule has 0 aromatic heterocycles. The molecule has 0 atom stereocenters. The summed E-state index contributed by atoms with van der Waals surface area (Å²) in [4.78, 5) is 12.1. The number of carbonyl (C=O) groups excluding carboxylic acids is 1. The van der Waals surface area contributed by atoms with E-state index in [2.05, 4.69) is 5.32 Å². The molecule has 26 heavy (non-hydrogen) atoms. The Morgan fingerprint density at radius 1 is 1.15 bits per heavy atom. The smallest absolute Gasteiger partial charge is 0.245 e. The fraction of sp³-hybridized carbons (Fsp3) is 0.235. The molecule has 1 N–H and O–H groups in total. The Labute approximate surface area is 162 Å². The number of nitrogens with one attached hydrogen (secondary N) is 1. The summed E-state index contributed by atoms with van der Waals surface area (Å²) < 4.78 is 31.7. The molecule has 140 valence electrons. The highest BCUT2D eigenvalue weighted by Gasteiger charge is 2.27. The summed E-state index contributed by atoms with van der Waals surface area (Å²) in [5, 5.41) is 2.94. The number of benzene rings is 2. The predicted octanol–water partition coefficient (Wildman–Crippen LogP) is 3.65. The third kappa shape index (κ3) is 4.88. The Bertz CT molecular complexity index is 886. The highest BCUT2D eigenvalue weighted by Crippen LogP contribution is 2.27. The zero-order valence-electron chi connectivity index (χ0n) is 14.2. The summed E-state index contributed by atoms with van der Waals surface area (Å²) >= 11 is 11.9. The molecule has 0 fully saturated rings. The molecule has 2 aromatic rings. The number of methoxy groups -OCH3 is 1. The van der Waals surface area contributed by atoms with Gasteiger partial charge in [0.2, 0.25) is 15.9 Å². The molecular weight excluding hydrogens is 399 g/mol. The second kappa shape index (κ2) is 8.73. The van der Waals surface area contributed by atoms with E-state index in [-0.39, 0.29) is 28.0 Å². The molecule has 0 unspecified atom stereocenters. The highest BCUT2D eigenvalue weighted by molar-refractivity contribution is 7.89.